The Morgan fingerprint density at radius 3 is 2.88 bits per heavy atom. The Morgan fingerprint density at radius 1 is 1.53 bits per heavy atom. The van der Waals surface area contributed by atoms with Crippen molar-refractivity contribution in [1.82, 2.24) is 10.6 Å². The highest BCUT2D eigenvalue weighted by Gasteiger charge is 2.11. The molecule has 17 heavy (non-hydrogen) atoms. The molecule has 2 N–H and O–H groups in total. The molecule has 0 radical (unpaired) electrons. The number of esters is 1. The molecule has 0 saturated heterocycles. The van der Waals surface area contributed by atoms with E-state index in [1.165, 1.54) is 0 Å². The molecule has 6 heteroatoms. The number of urea groups is 1. The first-order valence-electron chi connectivity index (χ1n) is 5.37. The third-order valence-corrected chi connectivity index (χ3v) is 3.07. The zero-order valence-corrected chi connectivity index (χ0v) is 10.7. The molecular formula is C11H16N2O3S. The minimum Gasteiger partial charge on any atom is -0.465 e. The topological polar surface area (TPSA) is 67.4 Å². The number of carbonyl (C=O) groups is 2. The van der Waals surface area contributed by atoms with Crippen LogP contribution in [0.5, 0.6) is 0 Å². The quantitative estimate of drug-likeness (QED) is 0.787. The van der Waals surface area contributed by atoms with Crippen LogP contribution in [0.2, 0.25) is 0 Å². The van der Waals surface area contributed by atoms with Gasteiger partial charge in [-0.3, -0.25) is 4.79 Å². The van der Waals surface area contributed by atoms with Crippen molar-refractivity contribution >= 4 is 23.3 Å². The Morgan fingerprint density at radius 2 is 2.29 bits per heavy atom. The highest BCUT2D eigenvalue weighted by molar-refractivity contribution is 7.10. The second-order valence-corrected chi connectivity index (χ2v) is 4.35. The first-order valence-corrected chi connectivity index (χ1v) is 6.24. The molecule has 0 aromatic carbocycles. The first-order chi connectivity index (χ1) is 8.13. The van der Waals surface area contributed by atoms with Crippen LogP contribution in [-0.4, -0.2) is 25.2 Å². The van der Waals surface area contributed by atoms with Crippen LogP contribution in [0, 0.1) is 0 Å². The van der Waals surface area contributed by atoms with Gasteiger partial charge in [0.05, 0.1) is 12.6 Å². The van der Waals surface area contributed by atoms with Crippen LogP contribution in [-0.2, 0) is 9.53 Å². The summed E-state index contributed by atoms with van der Waals surface area (Å²) in [5.41, 5.74) is 0. The van der Waals surface area contributed by atoms with Crippen molar-refractivity contribution in [2.75, 3.05) is 13.2 Å². The van der Waals surface area contributed by atoms with E-state index in [0.717, 1.165) is 4.88 Å². The number of amides is 2. The maximum atomic E-state index is 11.4. The van der Waals surface area contributed by atoms with Gasteiger partial charge in [0.25, 0.3) is 0 Å². The first kappa shape index (κ1) is 13.5. The number of hydrogen-bond donors (Lipinski definition) is 2. The number of thiophene rings is 1. The molecule has 1 atom stereocenters. The molecule has 0 aliphatic heterocycles. The van der Waals surface area contributed by atoms with Gasteiger partial charge < -0.3 is 15.4 Å². The second-order valence-electron chi connectivity index (χ2n) is 3.37. The van der Waals surface area contributed by atoms with Gasteiger partial charge in [0.1, 0.15) is 6.54 Å². The van der Waals surface area contributed by atoms with E-state index in [2.05, 4.69) is 10.6 Å². The number of carbonyl (C=O) groups excluding carboxylic acids is 2. The zero-order valence-electron chi connectivity index (χ0n) is 9.86. The Bertz CT molecular complexity index is 365. The van der Waals surface area contributed by atoms with Crippen LogP contribution in [0.25, 0.3) is 0 Å². The molecule has 1 rings (SSSR count). The largest absolute Gasteiger partial charge is 0.465 e. The molecule has 5 nitrogen and oxygen atoms in total. The van der Waals surface area contributed by atoms with Crippen molar-refractivity contribution in [3.05, 3.63) is 22.4 Å². The summed E-state index contributed by atoms with van der Waals surface area (Å²) in [6.07, 6.45) is 0. The predicted octanol–water partition coefficient (Wildman–Crippen LogP) is 1.67. The van der Waals surface area contributed by atoms with Crippen molar-refractivity contribution in [3.63, 3.8) is 0 Å². The zero-order chi connectivity index (χ0) is 12.7. The van der Waals surface area contributed by atoms with Crippen LogP contribution >= 0.6 is 11.3 Å². The third kappa shape index (κ3) is 4.86. The van der Waals surface area contributed by atoms with Gasteiger partial charge in [-0.25, -0.2) is 4.79 Å². The highest BCUT2D eigenvalue weighted by Crippen LogP contribution is 2.17. The monoisotopic (exact) mass is 256 g/mol. The standard InChI is InChI=1S/C11H16N2O3S/c1-3-16-10(14)7-12-11(15)13-8(2)9-5-4-6-17-9/h4-6,8H,3,7H2,1-2H3,(H2,12,13,15). The summed E-state index contributed by atoms with van der Waals surface area (Å²) in [6.45, 7) is 3.80. The van der Waals surface area contributed by atoms with E-state index in [9.17, 15) is 9.59 Å². The van der Waals surface area contributed by atoms with E-state index in [0.29, 0.717) is 6.61 Å². The normalized spacial score (nSPS) is 11.6. The summed E-state index contributed by atoms with van der Waals surface area (Å²) in [7, 11) is 0. The SMILES string of the molecule is CCOC(=O)CNC(=O)NC(C)c1cccs1. The van der Waals surface area contributed by atoms with Crippen molar-refractivity contribution in [3.8, 4) is 0 Å². The van der Waals surface area contributed by atoms with Crippen molar-refractivity contribution in [2.45, 2.75) is 19.9 Å². The predicted molar refractivity (Wildman–Crippen MR) is 65.9 cm³/mol. The number of hydrogen-bond acceptors (Lipinski definition) is 4. The molecule has 1 aromatic rings. The summed E-state index contributed by atoms with van der Waals surface area (Å²) in [5, 5.41) is 7.12. The summed E-state index contributed by atoms with van der Waals surface area (Å²) in [4.78, 5) is 23.5. The van der Waals surface area contributed by atoms with Gasteiger partial charge in [-0.2, -0.15) is 0 Å². The molecule has 0 spiro atoms. The van der Waals surface area contributed by atoms with Gasteiger partial charge in [-0.15, -0.1) is 11.3 Å². The van der Waals surface area contributed by atoms with E-state index in [-0.39, 0.29) is 18.6 Å². The fraction of sp³-hybridized carbons (Fsp3) is 0.455. The minimum atomic E-state index is -0.438. The maximum Gasteiger partial charge on any atom is 0.325 e. The number of ether oxygens (including phenoxy) is 1. The van der Waals surface area contributed by atoms with E-state index >= 15 is 0 Å². The Balaban J connectivity index is 2.28. The molecule has 1 heterocycles. The molecule has 0 aliphatic carbocycles. The number of rotatable bonds is 5. The van der Waals surface area contributed by atoms with Gasteiger partial charge in [-0.05, 0) is 25.3 Å². The lowest BCUT2D eigenvalue weighted by atomic mass is 10.3. The summed E-state index contributed by atoms with van der Waals surface area (Å²) in [6, 6.07) is 3.42. The minimum absolute atomic E-state index is 0.0720. The molecule has 1 unspecified atom stereocenters. The van der Waals surface area contributed by atoms with Crippen LogP contribution in [0.4, 0.5) is 4.79 Å². The third-order valence-electron chi connectivity index (χ3n) is 2.02. The Labute approximate surface area is 104 Å². The summed E-state index contributed by atoms with van der Waals surface area (Å²) in [5.74, 6) is -0.438. The molecule has 1 aromatic heterocycles. The fourth-order valence-electron chi connectivity index (χ4n) is 1.22. The smallest absolute Gasteiger partial charge is 0.325 e. The van der Waals surface area contributed by atoms with Gasteiger partial charge in [0.15, 0.2) is 0 Å². The maximum absolute atomic E-state index is 11.4. The second kappa shape index (κ2) is 6.90. The van der Waals surface area contributed by atoms with Crippen molar-refractivity contribution in [1.29, 1.82) is 0 Å². The molecule has 0 saturated carbocycles. The van der Waals surface area contributed by atoms with E-state index in [1.54, 1.807) is 18.3 Å². The average Bonchev–Trinajstić information content (AvgIpc) is 2.80. The highest BCUT2D eigenvalue weighted by atomic mass is 32.1. The van der Waals surface area contributed by atoms with Crippen LogP contribution < -0.4 is 10.6 Å². The van der Waals surface area contributed by atoms with E-state index in [1.807, 2.05) is 24.4 Å². The Kier molecular flexibility index (Phi) is 5.48. The summed E-state index contributed by atoms with van der Waals surface area (Å²) >= 11 is 1.57. The van der Waals surface area contributed by atoms with Gasteiger partial charge >= 0.3 is 12.0 Å². The lowest BCUT2D eigenvalue weighted by Crippen LogP contribution is -2.39. The molecule has 0 bridgehead atoms. The average molecular weight is 256 g/mol. The van der Waals surface area contributed by atoms with Gasteiger partial charge in [0.2, 0.25) is 0 Å². The molecule has 0 aliphatic rings. The molecule has 94 valence electrons. The summed E-state index contributed by atoms with van der Waals surface area (Å²) < 4.78 is 4.69. The molecule has 2 amide bonds. The van der Waals surface area contributed by atoms with Gasteiger partial charge in [-0.1, -0.05) is 6.07 Å². The lowest BCUT2D eigenvalue weighted by molar-refractivity contribution is -0.141. The fourth-order valence-corrected chi connectivity index (χ4v) is 1.96. The van der Waals surface area contributed by atoms with Crippen LogP contribution in [0.1, 0.15) is 24.8 Å². The van der Waals surface area contributed by atoms with Crippen molar-refractivity contribution in [2.24, 2.45) is 0 Å². The van der Waals surface area contributed by atoms with E-state index < -0.39 is 5.97 Å². The number of nitrogens with one attached hydrogen (secondary N) is 2. The van der Waals surface area contributed by atoms with Crippen LogP contribution in [0.3, 0.4) is 0 Å². The van der Waals surface area contributed by atoms with E-state index in [4.69, 9.17) is 4.74 Å². The molecular weight excluding hydrogens is 240 g/mol. The Hall–Kier alpha value is -1.56. The van der Waals surface area contributed by atoms with Crippen molar-refractivity contribution < 1.29 is 14.3 Å². The van der Waals surface area contributed by atoms with Gasteiger partial charge in [0, 0.05) is 4.88 Å². The molecule has 0 fully saturated rings. The van der Waals surface area contributed by atoms with Crippen LogP contribution in [0.15, 0.2) is 17.5 Å². The lowest BCUT2D eigenvalue weighted by Gasteiger charge is -2.12.